The molecule has 0 amide bonds. The van der Waals surface area contributed by atoms with Crippen LogP contribution >= 0.6 is 0 Å². The summed E-state index contributed by atoms with van der Waals surface area (Å²) in [6.45, 7) is 2.13. The number of ether oxygens (including phenoxy) is 3. The van der Waals surface area contributed by atoms with Gasteiger partial charge in [0.15, 0.2) is 0 Å². The highest BCUT2D eigenvalue weighted by molar-refractivity contribution is 5.28. The molecule has 0 radical (unpaired) electrons. The molecule has 0 unspecified atom stereocenters. The fourth-order valence-corrected chi connectivity index (χ4v) is 1.98. The van der Waals surface area contributed by atoms with E-state index < -0.39 is 0 Å². The molecule has 1 N–H and O–H groups in total. The average molecular weight is 253 g/mol. The molecule has 18 heavy (non-hydrogen) atoms. The number of aromatic nitrogens is 2. The molecule has 2 heterocycles. The molecule has 100 valence electrons. The van der Waals surface area contributed by atoms with E-state index in [0.29, 0.717) is 18.4 Å². The Morgan fingerprint density at radius 3 is 2.83 bits per heavy atom. The minimum absolute atomic E-state index is 0.190. The number of nitrogens with one attached hydrogen (secondary N) is 1. The maximum Gasteiger partial charge on any atom is 0.226 e. The zero-order valence-corrected chi connectivity index (χ0v) is 10.8. The predicted molar refractivity (Wildman–Crippen MR) is 66.9 cm³/mol. The Hall–Kier alpha value is -1.40. The van der Waals surface area contributed by atoms with Crippen LogP contribution < -0.4 is 10.1 Å². The lowest BCUT2D eigenvalue weighted by molar-refractivity contribution is -0.0807. The van der Waals surface area contributed by atoms with E-state index in [0.717, 1.165) is 26.1 Å². The summed E-state index contributed by atoms with van der Waals surface area (Å²) < 4.78 is 16.0. The summed E-state index contributed by atoms with van der Waals surface area (Å²) in [6.07, 6.45) is 3.42. The number of hydrogen-bond donors (Lipinski definition) is 1. The molecule has 1 aliphatic rings. The first-order chi connectivity index (χ1) is 8.78. The highest BCUT2D eigenvalue weighted by Gasteiger charge is 2.32. The third kappa shape index (κ3) is 3.08. The van der Waals surface area contributed by atoms with Gasteiger partial charge >= 0.3 is 0 Å². The lowest BCUT2D eigenvalue weighted by Crippen LogP contribution is -2.44. The van der Waals surface area contributed by atoms with E-state index in [1.165, 1.54) is 0 Å². The normalized spacial score (nSPS) is 18.3. The summed E-state index contributed by atoms with van der Waals surface area (Å²) in [7, 11) is 3.32. The fourth-order valence-electron chi connectivity index (χ4n) is 1.98. The summed E-state index contributed by atoms with van der Waals surface area (Å²) in [6, 6.07) is 1.71. The molecule has 0 atom stereocenters. The third-order valence-corrected chi connectivity index (χ3v) is 3.24. The van der Waals surface area contributed by atoms with Crippen molar-refractivity contribution >= 4 is 5.95 Å². The van der Waals surface area contributed by atoms with Crippen LogP contribution in [0.2, 0.25) is 0 Å². The molecule has 1 fully saturated rings. The number of methoxy groups -OCH3 is 2. The number of anilines is 1. The van der Waals surface area contributed by atoms with Crippen molar-refractivity contribution in [2.24, 2.45) is 0 Å². The average Bonchev–Trinajstić information content (AvgIpc) is 2.46. The molecule has 1 aliphatic heterocycles. The van der Waals surface area contributed by atoms with Gasteiger partial charge < -0.3 is 19.5 Å². The minimum Gasteiger partial charge on any atom is -0.481 e. The van der Waals surface area contributed by atoms with Gasteiger partial charge in [0.05, 0.1) is 12.7 Å². The first kappa shape index (κ1) is 13.0. The Balaban J connectivity index is 1.96. The van der Waals surface area contributed by atoms with Gasteiger partial charge in [-0.15, -0.1) is 0 Å². The molecular weight excluding hydrogens is 234 g/mol. The Morgan fingerprint density at radius 2 is 2.17 bits per heavy atom. The maximum absolute atomic E-state index is 5.63. The Morgan fingerprint density at radius 1 is 1.39 bits per heavy atom. The van der Waals surface area contributed by atoms with Crippen molar-refractivity contribution in [1.82, 2.24) is 9.97 Å². The largest absolute Gasteiger partial charge is 0.481 e. The van der Waals surface area contributed by atoms with Crippen LogP contribution in [0.25, 0.3) is 0 Å². The van der Waals surface area contributed by atoms with Gasteiger partial charge in [0.2, 0.25) is 11.8 Å². The van der Waals surface area contributed by atoms with Gasteiger partial charge in [0, 0.05) is 52.0 Å². The molecule has 0 bridgehead atoms. The Kier molecular flexibility index (Phi) is 4.33. The van der Waals surface area contributed by atoms with Crippen LogP contribution in [0.5, 0.6) is 5.88 Å². The molecule has 1 aromatic rings. The van der Waals surface area contributed by atoms with E-state index in [4.69, 9.17) is 14.2 Å². The van der Waals surface area contributed by atoms with Crippen molar-refractivity contribution < 1.29 is 14.2 Å². The van der Waals surface area contributed by atoms with Gasteiger partial charge in [-0.3, -0.25) is 0 Å². The van der Waals surface area contributed by atoms with E-state index in [9.17, 15) is 0 Å². The molecular formula is C12H19N3O3. The molecule has 1 aromatic heterocycles. The van der Waals surface area contributed by atoms with Crippen LogP contribution in [-0.4, -0.2) is 49.5 Å². The second-order valence-corrected chi connectivity index (χ2v) is 4.28. The number of nitrogens with zero attached hydrogens (tertiary/aromatic N) is 2. The molecule has 6 nitrogen and oxygen atoms in total. The van der Waals surface area contributed by atoms with E-state index in [1.807, 2.05) is 0 Å². The van der Waals surface area contributed by atoms with E-state index in [-0.39, 0.29) is 5.60 Å². The van der Waals surface area contributed by atoms with Crippen LogP contribution in [-0.2, 0) is 9.47 Å². The Labute approximate surface area is 107 Å². The van der Waals surface area contributed by atoms with Gasteiger partial charge in [-0.2, -0.15) is 4.98 Å². The van der Waals surface area contributed by atoms with Gasteiger partial charge in [-0.1, -0.05) is 0 Å². The monoisotopic (exact) mass is 253 g/mol. The zero-order chi connectivity index (χ0) is 12.8. The van der Waals surface area contributed by atoms with Crippen molar-refractivity contribution in [2.75, 3.05) is 39.3 Å². The van der Waals surface area contributed by atoms with Crippen LogP contribution in [0.3, 0.4) is 0 Å². The summed E-state index contributed by atoms with van der Waals surface area (Å²) in [4.78, 5) is 8.36. The summed E-state index contributed by atoms with van der Waals surface area (Å²) in [5.41, 5.74) is -0.190. The zero-order valence-electron chi connectivity index (χ0n) is 10.8. The van der Waals surface area contributed by atoms with Crippen molar-refractivity contribution in [3.05, 3.63) is 12.3 Å². The fraction of sp³-hybridized carbons (Fsp3) is 0.667. The Bertz CT molecular complexity index is 381. The van der Waals surface area contributed by atoms with Crippen LogP contribution in [0.4, 0.5) is 5.95 Å². The first-order valence-electron chi connectivity index (χ1n) is 6.02. The molecule has 1 saturated heterocycles. The van der Waals surface area contributed by atoms with Gasteiger partial charge in [0.25, 0.3) is 0 Å². The van der Waals surface area contributed by atoms with Gasteiger partial charge in [-0.05, 0) is 0 Å². The maximum atomic E-state index is 5.63. The molecule has 6 heteroatoms. The van der Waals surface area contributed by atoms with Crippen molar-refractivity contribution in [2.45, 2.75) is 18.4 Å². The van der Waals surface area contributed by atoms with Gasteiger partial charge in [-0.25, -0.2) is 4.98 Å². The lowest BCUT2D eigenvalue weighted by Gasteiger charge is -2.35. The highest BCUT2D eigenvalue weighted by Crippen LogP contribution is 2.24. The summed E-state index contributed by atoms with van der Waals surface area (Å²) in [5, 5.41) is 3.20. The third-order valence-electron chi connectivity index (χ3n) is 3.24. The molecule has 0 aliphatic carbocycles. The smallest absolute Gasteiger partial charge is 0.226 e. The van der Waals surface area contributed by atoms with Gasteiger partial charge in [0.1, 0.15) is 0 Å². The van der Waals surface area contributed by atoms with Crippen LogP contribution in [0.1, 0.15) is 12.8 Å². The lowest BCUT2D eigenvalue weighted by atomic mass is 9.94. The predicted octanol–water partition coefficient (Wildman–Crippen LogP) is 1.09. The second-order valence-electron chi connectivity index (χ2n) is 4.28. The summed E-state index contributed by atoms with van der Waals surface area (Å²) >= 11 is 0. The topological polar surface area (TPSA) is 65.5 Å². The van der Waals surface area contributed by atoms with Crippen molar-refractivity contribution in [3.8, 4) is 5.88 Å². The second kappa shape index (κ2) is 5.97. The van der Waals surface area contributed by atoms with E-state index in [1.54, 1.807) is 26.5 Å². The van der Waals surface area contributed by atoms with Crippen LogP contribution in [0.15, 0.2) is 12.3 Å². The molecule has 0 saturated carbocycles. The quantitative estimate of drug-likeness (QED) is 0.847. The SMILES string of the molecule is COc1ccnc(NCC2(OC)CCOCC2)n1. The minimum atomic E-state index is -0.190. The molecule has 0 spiro atoms. The van der Waals surface area contributed by atoms with Crippen molar-refractivity contribution in [3.63, 3.8) is 0 Å². The van der Waals surface area contributed by atoms with Crippen molar-refractivity contribution in [1.29, 1.82) is 0 Å². The standard InChI is InChI=1S/C12H19N3O3/c1-16-10-3-6-13-11(15-10)14-9-12(17-2)4-7-18-8-5-12/h3,6H,4-5,7-9H2,1-2H3,(H,13,14,15). The first-order valence-corrected chi connectivity index (χ1v) is 6.02. The van der Waals surface area contributed by atoms with Crippen LogP contribution in [0, 0.1) is 0 Å². The number of rotatable bonds is 5. The summed E-state index contributed by atoms with van der Waals surface area (Å²) in [5.74, 6) is 1.10. The molecule has 2 rings (SSSR count). The molecule has 0 aromatic carbocycles. The highest BCUT2D eigenvalue weighted by atomic mass is 16.5. The number of hydrogen-bond acceptors (Lipinski definition) is 6. The van der Waals surface area contributed by atoms with E-state index in [2.05, 4.69) is 15.3 Å². The van der Waals surface area contributed by atoms with E-state index >= 15 is 0 Å².